The van der Waals surface area contributed by atoms with E-state index in [4.69, 9.17) is 4.42 Å². The van der Waals surface area contributed by atoms with Crippen LogP contribution >= 0.6 is 0 Å². The highest BCUT2D eigenvalue weighted by molar-refractivity contribution is 5.97. The molecule has 1 atom stereocenters. The minimum absolute atomic E-state index is 0.242. The van der Waals surface area contributed by atoms with Crippen LogP contribution in [0, 0.1) is 0 Å². The highest BCUT2D eigenvalue weighted by Crippen LogP contribution is 2.29. The number of anilines is 2. The zero-order valence-corrected chi connectivity index (χ0v) is 15.4. The molecular formula is C21H23N3O3. The van der Waals surface area contributed by atoms with Crippen molar-refractivity contribution >= 4 is 28.4 Å². The maximum absolute atomic E-state index is 12.9. The fraction of sp³-hybridized carbons (Fsp3) is 0.333. The quantitative estimate of drug-likeness (QED) is 0.764. The second-order valence-corrected chi connectivity index (χ2v) is 6.94. The molecule has 1 fully saturated rings. The van der Waals surface area contributed by atoms with Crippen molar-refractivity contribution in [2.75, 3.05) is 23.3 Å². The molecule has 1 N–H and O–H groups in total. The van der Waals surface area contributed by atoms with E-state index in [2.05, 4.69) is 10.2 Å². The monoisotopic (exact) mass is 365 g/mol. The summed E-state index contributed by atoms with van der Waals surface area (Å²) in [5, 5.41) is 3.01. The van der Waals surface area contributed by atoms with Crippen LogP contribution in [0.1, 0.15) is 32.2 Å². The van der Waals surface area contributed by atoms with Crippen molar-refractivity contribution in [3.05, 3.63) is 59.1 Å². The highest BCUT2D eigenvalue weighted by atomic mass is 16.4. The summed E-state index contributed by atoms with van der Waals surface area (Å²) in [6.45, 7) is 3.70. The Balaban J connectivity index is 1.61. The lowest BCUT2D eigenvalue weighted by Crippen LogP contribution is -2.32. The van der Waals surface area contributed by atoms with Gasteiger partial charge in [0.15, 0.2) is 5.58 Å². The van der Waals surface area contributed by atoms with E-state index in [-0.39, 0.29) is 5.91 Å². The number of nitrogens with one attached hydrogen (secondary N) is 1. The average Bonchev–Trinajstić information content (AvgIpc) is 3.04. The van der Waals surface area contributed by atoms with Crippen molar-refractivity contribution in [3.63, 3.8) is 0 Å². The molecule has 2 aromatic carbocycles. The number of oxazole rings is 1. The van der Waals surface area contributed by atoms with Crippen LogP contribution in [0.5, 0.6) is 0 Å². The summed E-state index contributed by atoms with van der Waals surface area (Å²) >= 11 is 0. The van der Waals surface area contributed by atoms with Crippen LogP contribution in [-0.4, -0.2) is 23.6 Å². The summed E-state index contributed by atoms with van der Waals surface area (Å²) in [6, 6.07) is 14.3. The van der Waals surface area contributed by atoms with E-state index in [1.165, 1.54) is 11.0 Å². The van der Waals surface area contributed by atoms with Gasteiger partial charge in [0.2, 0.25) is 5.91 Å². The van der Waals surface area contributed by atoms with Gasteiger partial charge < -0.3 is 14.6 Å². The second-order valence-electron chi connectivity index (χ2n) is 6.94. The molecular weight excluding hydrogens is 342 g/mol. The molecule has 27 heavy (non-hydrogen) atoms. The fourth-order valence-electron chi connectivity index (χ4n) is 3.70. The first-order chi connectivity index (χ1) is 13.1. The number of aromatic nitrogens is 1. The van der Waals surface area contributed by atoms with Crippen LogP contribution in [0.3, 0.4) is 0 Å². The number of carbonyl (C=O) groups excluding carboxylic acids is 1. The number of hydrogen-bond donors (Lipinski definition) is 1. The minimum atomic E-state index is -0.685. The largest absolute Gasteiger partial charge is 0.420 e. The van der Waals surface area contributed by atoms with Crippen molar-refractivity contribution in [2.45, 2.75) is 32.2 Å². The molecule has 1 aromatic heterocycles. The molecule has 0 radical (unpaired) electrons. The maximum Gasteiger partial charge on any atom is 0.420 e. The Hall–Kier alpha value is -3.02. The van der Waals surface area contributed by atoms with Crippen molar-refractivity contribution in [1.82, 2.24) is 4.57 Å². The number of fused-ring (bicyclic) bond motifs is 1. The lowest BCUT2D eigenvalue weighted by atomic mass is 10.1. The van der Waals surface area contributed by atoms with Gasteiger partial charge >= 0.3 is 5.76 Å². The Morgan fingerprint density at radius 3 is 2.56 bits per heavy atom. The summed E-state index contributed by atoms with van der Waals surface area (Å²) in [5.74, 6) is -0.767. The summed E-state index contributed by atoms with van der Waals surface area (Å²) in [4.78, 5) is 27.5. The lowest BCUT2D eigenvalue weighted by molar-refractivity contribution is -0.118. The first-order valence-electron chi connectivity index (χ1n) is 9.40. The molecule has 0 bridgehead atoms. The Morgan fingerprint density at radius 2 is 1.74 bits per heavy atom. The van der Waals surface area contributed by atoms with Gasteiger partial charge in [-0.2, -0.15) is 0 Å². The van der Waals surface area contributed by atoms with Gasteiger partial charge in [-0.25, -0.2) is 4.79 Å². The Labute approximate surface area is 157 Å². The fourth-order valence-corrected chi connectivity index (χ4v) is 3.70. The molecule has 4 rings (SSSR count). The van der Waals surface area contributed by atoms with Gasteiger partial charge in [0.05, 0.1) is 16.9 Å². The van der Waals surface area contributed by atoms with E-state index >= 15 is 0 Å². The average molecular weight is 365 g/mol. The Bertz CT molecular complexity index is 1010. The molecule has 6 nitrogen and oxygen atoms in total. The summed E-state index contributed by atoms with van der Waals surface area (Å²) < 4.78 is 6.66. The van der Waals surface area contributed by atoms with Crippen molar-refractivity contribution in [2.24, 2.45) is 0 Å². The van der Waals surface area contributed by atoms with E-state index < -0.39 is 11.8 Å². The summed E-state index contributed by atoms with van der Waals surface area (Å²) in [6.07, 6.45) is 3.57. The number of amides is 1. The van der Waals surface area contributed by atoms with Gasteiger partial charge in [0.1, 0.15) is 6.04 Å². The van der Waals surface area contributed by atoms with Crippen LogP contribution in [-0.2, 0) is 4.79 Å². The Kier molecular flexibility index (Phi) is 4.71. The predicted molar refractivity (Wildman–Crippen MR) is 106 cm³/mol. The zero-order chi connectivity index (χ0) is 18.8. The van der Waals surface area contributed by atoms with Crippen molar-refractivity contribution < 1.29 is 9.21 Å². The van der Waals surface area contributed by atoms with Crippen molar-refractivity contribution in [3.8, 4) is 0 Å². The molecule has 3 aromatic rings. The lowest BCUT2D eigenvalue weighted by Gasteiger charge is -2.30. The van der Waals surface area contributed by atoms with Gasteiger partial charge in [0, 0.05) is 13.1 Å². The molecule has 1 amide bonds. The molecule has 2 heterocycles. The molecule has 1 saturated heterocycles. The van der Waals surface area contributed by atoms with Crippen molar-refractivity contribution in [1.29, 1.82) is 0 Å². The summed E-state index contributed by atoms with van der Waals surface area (Å²) in [7, 11) is 0. The smallest absolute Gasteiger partial charge is 0.408 e. The third-order valence-electron chi connectivity index (χ3n) is 5.14. The molecule has 0 spiro atoms. The number of carbonyl (C=O) groups is 1. The first kappa shape index (κ1) is 17.4. The molecule has 1 unspecified atom stereocenters. The molecule has 1 aliphatic rings. The Morgan fingerprint density at radius 1 is 1.04 bits per heavy atom. The topological polar surface area (TPSA) is 67.5 Å². The number of benzene rings is 2. The second kappa shape index (κ2) is 7.31. The third-order valence-corrected chi connectivity index (χ3v) is 5.14. The van der Waals surface area contributed by atoms with Gasteiger partial charge in [-0.3, -0.25) is 9.36 Å². The molecule has 0 aliphatic carbocycles. The van der Waals surface area contributed by atoms with Crippen LogP contribution < -0.4 is 16.0 Å². The van der Waals surface area contributed by atoms with E-state index in [1.807, 2.05) is 30.3 Å². The highest BCUT2D eigenvalue weighted by Gasteiger charge is 2.23. The molecule has 1 aliphatic heterocycles. The van der Waals surface area contributed by atoms with Gasteiger partial charge in [0.25, 0.3) is 0 Å². The van der Waals surface area contributed by atoms with Crippen LogP contribution in [0.25, 0.3) is 11.1 Å². The molecule has 140 valence electrons. The number of hydrogen-bond acceptors (Lipinski definition) is 4. The normalized spacial score (nSPS) is 15.7. The van der Waals surface area contributed by atoms with Gasteiger partial charge in [-0.1, -0.05) is 24.3 Å². The molecule has 6 heteroatoms. The number of rotatable bonds is 4. The van der Waals surface area contributed by atoms with Crippen LogP contribution in [0.15, 0.2) is 57.7 Å². The van der Waals surface area contributed by atoms with Crippen LogP contribution in [0.2, 0.25) is 0 Å². The van der Waals surface area contributed by atoms with E-state index in [9.17, 15) is 9.59 Å². The maximum atomic E-state index is 12.9. The zero-order valence-electron chi connectivity index (χ0n) is 15.4. The van der Waals surface area contributed by atoms with Gasteiger partial charge in [-0.05, 0) is 50.5 Å². The predicted octanol–water partition coefficient (Wildman–Crippen LogP) is 3.78. The third kappa shape index (κ3) is 3.35. The van der Waals surface area contributed by atoms with Gasteiger partial charge in [-0.15, -0.1) is 0 Å². The number of piperidine rings is 1. The SMILES string of the molecule is CC(C(=O)Nc1ccccc1N1CCCCC1)n1c(=O)oc2ccccc21. The van der Waals surface area contributed by atoms with Crippen LogP contribution in [0.4, 0.5) is 11.4 Å². The standard InChI is InChI=1S/C21H23N3O3/c1-15(24-18-11-5-6-12-19(18)27-21(24)26)20(25)22-16-9-3-4-10-17(16)23-13-7-2-8-14-23/h3-6,9-12,15H,2,7-8,13-14H2,1H3,(H,22,25). The van der Waals surface area contributed by atoms with E-state index in [0.717, 1.165) is 37.3 Å². The number of para-hydroxylation sites is 4. The first-order valence-corrected chi connectivity index (χ1v) is 9.40. The van der Waals surface area contributed by atoms with E-state index in [1.54, 1.807) is 25.1 Å². The molecule has 0 saturated carbocycles. The summed E-state index contributed by atoms with van der Waals surface area (Å²) in [5.41, 5.74) is 2.91. The minimum Gasteiger partial charge on any atom is -0.408 e. The van der Waals surface area contributed by atoms with E-state index in [0.29, 0.717) is 11.1 Å². The number of nitrogens with zero attached hydrogens (tertiary/aromatic N) is 2.